The number of hydrogen-bond donors (Lipinski definition) is 0. The van der Waals surface area contributed by atoms with Gasteiger partial charge in [-0.3, -0.25) is 0 Å². The van der Waals surface area contributed by atoms with Gasteiger partial charge in [0.25, 0.3) is 0 Å². The minimum absolute atomic E-state index is 0.277. The van der Waals surface area contributed by atoms with E-state index in [1.807, 2.05) is 60.4 Å². The maximum Gasteiger partial charge on any atom is 0.200 e. The van der Waals surface area contributed by atoms with E-state index in [0.717, 1.165) is 30.1 Å². The maximum atomic E-state index is 12.4. The Hall–Kier alpha value is -4.61. The molecule has 0 fully saturated rings. The fraction of sp³-hybridized carbons (Fsp3) is 0.184. The number of allylic oxidation sites excluding steroid dienone is 5. The van der Waals surface area contributed by atoms with E-state index in [2.05, 4.69) is 42.7 Å². The number of nitrogens with zero attached hydrogens (tertiary/aromatic N) is 2. The van der Waals surface area contributed by atoms with Crippen LogP contribution in [-0.2, 0) is 33.3 Å². The summed E-state index contributed by atoms with van der Waals surface area (Å²) < 4.78 is 74.1. The minimum atomic E-state index is -4.78. The molecule has 0 N–H and O–H groups in total. The van der Waals surface area contributed by atoms with Crippen molar-refractivity contribution in [3.05, 3.63) is 155 Å². The summed E-state index contributed by atoms with van der Waals surface area (Å²) in [7, 11) is -9.36. The van der Waals surface area contributed by atoms with E-state index in [1.54, 1.807) is 24.3 Å². The quantitative estimate of drug-likeness (QED) is 0.132. The number of hydrogen-bond acceptors (Lipinski definition) is 7. The van der Waals surface area contributed by atoms with E-state index in [0.29, 0.717) is 35.4 Å². The second-order valence-electron chi connectivity index (χ2n) is 11.5. The summed E-state index contributed by atoms with van der Waals surface area (Å²) in [5.74, 6) is 0. The molecule has 4 aromatic rings. The van der Waals surface area contributed by atoms with Gasteiger partial charge in [-0.1, -0.05) is 66.2 Å². The van der Waals surface area contributed by atoms with E-state index >= 15 is 0 Å². The predicted molar refractivity (Wildman–Crippen MR) is 187 cm³/mol. The second-order valence-corrected chi connectivity index (χ2v) is 14.3. The normalized spacial score (nSPS) is 13.1. The molecule has 1 aliphatic carbocycles. The summed E-state index contributed by atoms with van der Waals surface area (Å²) in [4.78, 5) is 1.45. The largest absolute Gasteiger partial charge is 0.744 e. The lowest BCUT2D eigenvalue weighted by Gasteiger charge is -2.25. The van der Waals surface area contributed by atoms with Crippen LogP contribution < -0.4 is 4.90 Å². The molecule has 10 heteroatoms. The molecule has 0 amide bonds. The van der Waals surface area contributed by atoms with Crippen molar-refractivity contribution in [2.45, 2.75) is 43.7 Å². The first-order chi connectivity index (χ1) is 22.9. The molecule has 8 nitrogen and oxygen atoms in total. The molecule has 0 radical (unpaired) electrons. The third-order valence-corrected chi connectivity index (χ3v) is 9.97. The Morgan fingerprint density at radius 1 is 0.729 bits per heavy atom. The van der Waals surface area contributed by atoms with E-state index in [1.165, 1.54) is 35.4 Å². The van der Waals surface area contributed by atoms with Crippen molar-refractivity contribution >= 4 is 37.2 Å². The second kappa shape index (κ2) is 14.7. The average molecular weight is 682 g/mol. The highest BCUT2D eigenvalue weighted by molar-refractivity contribution is 7.86. The first kappa shape index (κ1) is 34.7. The third-order valence-electron chi connectivity index (χ3n) is 8.25. The Kier molecular flexibility index (Phi) is 10.6. The van der Waals surface area contributed by atoms with Crippen molar-refractivity contribution in [1.29, 1.82) is 0 Å². The number of rotatable bonds is 11. The molecule has 0 saturated heterocycles. The average Bonchev–Trinajstić information content (AvgIpc) is 3.06. The van der Waals surface area contributed by atoms with Crippen LogP contribution in [0, 0.1) is 6.92 Å². The van der Waals surface area contributed by atoms with Gasteiger partial charge >= 0.3 is 0 Å². The van der Waals surface area contributed by atoms with Crippen LogP contribution in [-0.4, -0.2) is 49.3 Å². The molecule has 0 atom stereocenters. The Bertz CT molecular complexity index is 2150. The highest BCUT2D eigenvalue weighted by Crippen LogP contribution is 2.35. The number of anilines is 1. The zero-order valence-electron chi connectivity index (χ0n) is 27.0. The number of aryl methyl sites for hydroxylation is 1. The molecular weight excluding hydrogens is 645 g/mol. The van der Waals surface area contributed by atoms with E-state index < -0.39 is 20.2 Å². The molecule has 0 bridgehead atoms. The van der Waals surface area contributed by atoms with Crippen LogP contribution in [0.1, 0.15) is 41.7 Å². The lowest BCUT2D eigenvalue weighted by Crippen LogP contribution is -2.22. The van der Waals surface area contributed by atoms with Crippen LogP contribution in [0.3, 0.4) is 0 Å². The molecule has 0 aliphatic heterocycles. The van der Waals surface area contributed by atoms with Crippen molar-refractivity contribution in [3.63, 3.8) is 0 Å². The molecule has 0 spiro atoms. The van der Waals surface area contributed by atoms with Gasteiger partial charge in [-0.25, -0.2) is 21.4 Å². The van der Waals surface area contributed by atoms with Crippen LogP contribution in [0.25, 0.3) is 5.57 Å². The first-order valence-corrected chi connectivity index (χ1v) is 18.4. The van der Waals surface area contributed by atoms with Gasteiger partial charge in [-0.2, -0.15) is 0 Å². The van der Waals surface area contributed by atoms with Crippen molar-refractivity contribution in [3.8, 4) is 0 Å². The zero-order chi connectivity index (χ0) is 34.5. The Morgan fingerprint density at radius 2 is 1.40 bits per heavy atom. The van der Waals surface area contributed by atoms with Gasteiger partial charge in [0.15, 0.2) is 12.3 Å². The van der Waals surface area contributed by atoms with Crippen molar-refractivity contribution in [2.24, 2.45) is 0 Å². The molecule has 4 aromatic carbocycles. The molecule has 5 rings (SSSR count). The molecule has 1 aliphatic rings. The minimum Gasteiger partial charge on any atom is -0.744 e. The predicted octanol–water partition coefficient (Wildman–Crippen LogP) is 6.43. The third kappa shape index (κ3) is 8.26. The Balaban J connectivity index is 1.54. The standard InChI is InChI=1S/C38H38N2O6S2/c1-4-39(26-29-11-8-10-28(3)24-29)33-20-16-31(17-21-33)38(36-14-6-7-15-37(36)48(44,45)46)32-18-22-34(23-19-32)40(5-2)27-30-12-9-13-35(25-30)47(41,42)43/h6-25H,4-5,26-27H2,1-3H3,(H-,41,42,43,44,45,46)/p-1. The monoisotopic (exact) mass is 681 g/mol. The van der Waals surface area contributed by atoms with E-state index in [9.17, 15) is 25.9 Å². The molecule has 0 unspecified atom stereocenters. The van der Waals surface area contributed by atoms with Crippen molar-refractivity contribution in [2.75, 3.05) is 18.0 Å². The Morgan fingerprint density at radius 3 is 2.02 bits per heavy atom. The summed E-state index contributed by atoms with van der Waals surface area (Å²) in [5, 5.41) is 0. The van der Waals surface area contributed by atoms with Crippen LogP contribution in [0.2, 0.25) is 0 Å². The summed E-state index contributed by atoms with van der Waals surface area (Å²) in [6.07, 6.45) is 7.90. The fourth-order valence-corrected chi connectivity index (χ4v) is 7.09. The van der Waals surface area contributed by atoms with E-state index in [-0.39, 0.29) is 9.79 Å². The molecular formula is C38H37N2O6S2-. The smallest absolute Gasteiger partial charge is 0.200 e. The van der Waals surface area contributed by atoms with Gasteiger partial charge in [0, 0.05) is 42.1 Å². The first-order valence-electron chi connectivity index (χ1n) is 15.6. The molecule has 48 heavy (non-hydrogen) atoms. The Labute approximate surface area is 283 Å². The summed E-state index contributed by atoms with van der Waals surface area (Å²) in [6, 6.07) is 28.2. The van der Waals surface area contributed by atoms with Gasteiger partial charge in [0.1, 0.15) is 26.8 Å². The van der Waals surface area contributed by atoms with Gasteiger partial charge in [-0.05, 0) is 91.6 Å². The maximum absolute atomic E-state index is 12.4. The molecule has 0 aromatic heterocycles. The highest BCUT2D eigenvalue weighted by atomic mass is 32.2. The topological polar surface area (TPSA) is 121 Å². The highest BCUT2D eigenvalue weighted by Gasteiger charge is 2.20. The fourth-order valence-electron chi connectivity index (χ4n) is 5.87. The van der Waals surface area contributed by atoms with E-state index in [4.69, 9.17) is 0 Å². The SMILES string of the molecule is CCN(Cc1cccc(S(=O)(=O)[O-])c1)c1ccc(C(=C2C=CC(=[N+](CC)Cc3cccc(C)c3)C=C2)c2ccccc2S(=O)(=O)[O-])cc1. The lowest BCUT2D eigenvalue weighted by molar-refractivity contribution is -0.539. The molecule has 248 valence electrons. The van der Waals surface area contributed by atoms with Crippen LogP contribution in [0.5, 0.6) is 0 Å². The summed E-state index contributed by atoms with van der Waals surface area (Å²) >= 11 is 0. The van der Waals surface area contributed by atoms with Crippen LogP contribution in [0.15, 0.2) is 137 Å². The zero-order valence-corrected chi connectivity index (χ0v) is 28.7. The van der Waals surface area contributed by atoms with Crippen LogP contribution >= 0.6 is 0 Å². The molecule has 0 saturated carbocycles. The van der Waals surface area contributed by atoms with Gasteiger partial charge in [0.2, 0.25) is 0 Å². The van der Waals surface area contributed by atoms with Gasteiger partial charge < -0.3 is 14.0 Å². The van der Waals surface area contributed by atoms with Crippen molar-refractivity contribution in [1.82, 2.24) is 0 Å². The lowest BCUT2D eigenvalue weighted by atomic mass is 9.90. The van der Waals surface area contributed by atoms with Crippen molar-refractivity contribution < 1.29 is 30.5 Å². The van der Waals surface area contributed by atoms with Gasteiger partial charge in [0.05, 0.1) is 9.79 Å². The molecule has 0 heterocycles. The number of benzene rings is 4. The summed E-state index contributed by atoms with van der Waals surface area (Å²) in [6.45, 7) is 8.62. The van der Waals surface area contributed by atoms with Crippen LogP contribution in [0.4, 0.5) is 5.69 Å². The van der Waals surface area contributed by atoms with Gasteiger partial charge in [-0.15, -0.1) is 0 Å². The summed E-state index contributed by atoms with van der Waals surface area (Å²) in [5.41, 5.74) is 7.28.